The maximum atomic E-state index is 11.1. The van der Waals surface area contributed by atoms with Crippen LogP contribution in [0.1, 0.15) is 10.4 Å². The molecular formula is C8H9ClN2O4S. The monoisotopic (exact) mass is 264 g/mol. The second-order valence-electron chi connectivity index (χ2n) is 2.81. The van der Waals surface area contributed by atoms with Gasteiger partial charge in [-0.1, -0.05) is 11.6 Å². The molecule has 16 heavy (non-hydrogen) atoms. The molecule has 0 radical (unpaired) electrons. The molecule has 1 rings (SSSR count). The lowest BCUT2D eigenvalue weighted by molar-refractivity contribution is 0.0697. The highest BCUT2D eigenvalue weighted by atomic mass is 35.5. The normalized spacial score (nSPS) is 11.1. The van der Waals surface area contributed by atoms with Crippen molar-refractivity contribution in [3.8, 4) is 0 Å². The minimum Gasteiger partial charge on any atom is -0.478 e. The molecule has 0 fully saturated rings. The quantitative estimate of drug-likeness (QED) is 0.753. The lowest BCUT2D eigenvalue weighted by atomic mass is 10.2. The maximum Gasteiger partial charge on any atom is 0.335 e. The molecule has 1 aromatic rings. The highest BCUT2D eigenvalue weighted by Crippen LogP contribution is 2.23. The van der Waals surface area contributed by atoms with E-state index in [0.29, 0.717) is 0 Å². The topological polar surface area (TPSA) is 95.5 Å². The van der Waals surface area contributed by atoms with Gasteiger partial charge in [0.2, 0.25) is 0 Å². The summed E-state index contributed by atoms with van der Waals surface area (Å²) in [6.07, 6.45) is 0. The molecule has 0 spiro atoms. The summed E-state index contributed by atoms with van der Waals surface area (Å²) < 4.78 is 26.5. The Labute approximate surface area is 97.4 Å². The van der Waals surface area contributed by atoms with Gasteiger partial charge in [0, 0.05) is 7.05 Å². The van der Waals surface area contributed by atoms with E-state index in [1.54, 1.807) is 0 Å². The number of hydrogen-bond acceptors (Lipinski definition) is 3. The first-order valence-electron chi connectivity index (χ1n) is 4.10. The fourth-order valence-electron chi connectivity index (χ4n) is 0.927. The number of carboxylic acids is 1. The van der Waals surface area contributed by atoms with E-state index in [0.717, 1.165) is 6.07 Å². The zero-order valence-corrected chi connectivity index (χ0v) is 9.76. The number of rotatable bonds is 4. The van der Waals surface area contributed by atoms with Crippen LogP contribution in [-0.4, -0.2) is 26.5 Å². The molecule has 0 aliphatic rings. The maximum absolute atomic E-state index is 11.1. The van der Waals surface area contributed by atoms with Gasteiger partial charge in [-0.25, -0.2) is 9.52 Å². The fourth-order valence-corrected chi connectivity index (χ4v) is 1.78. The van der Waals surface area contributed by atoms with Crippen LogP contribution in [0.5, 0.6) is 0 Å². The Balaban J connectivity index is 3.05. The lowest BCUT2D eigenvalue weighted by Gasteiger charge is -2.08. The van der Waals surface area contributed by atoms with E-state index < -0.39 is 16.2 Å². The van der Waals surface area contributed by atoms with Crippen LogP contribution in [0.2, 0.25) is 5.02 Å². The molecule has 0 saturated carbocycles. The molecule has 0 amide bonds. The van der Waals surface area contributed by atoms with Crippen molar-refractivity contribution >= 4 is 33.5 Å². The molecule has 0 atom stereocenters. The molecule has 0 saturated heterocycles. The van der Waals surface area contributed by atoms with Crippen molar-refractivity contribution in [3.05, 3.63) is 28.8 Å². The molecule has 0 aliphatic heterocycles. The Morgan fingerprint density at radius 3 is 2.50 bits per heavy atom. The Bertz CT molecular complexity index is 515. The van der Waals surface area contributed by atoms with Gasteiger partial charge in [0.25, 0.3) is 10.2 Å². The van der Waals surface area contributed by atoms with Gasteiger partial charge in [-0.05, 0) is 18.2 Å². The molecule has 0 heterocycles. The molecule has 0 aliphatic carbocycles. The molecule has 3 N–H and O–H groups in total. The number of aromatic carboxylic acids is 1. The summed E-state index contributed by atoms with van der Waals surface area (Å²) in [5.41, 5.74) is 0.0958. The van der Waals surface area contributed by atoms with Crippen molar-refractivity contribution in [2.75, 3.05) is 11.8 Å². The molecule has 0 aromatic heterocycles. The minimum absolute atomic E-state index is 0.0127. The Hall–Kier alpha value is -1.31. The van der Waals surface area contributed by atoms with Gasteiger partial charge < -0.3 is 5.11 Å². The SMILES string of the molecule is CNS(=O)(=O)Nc1ccc(C(=O)O)cc1Cl. The van der Waals surface area contributed by atoms with Crippen LogP contribution in [0.15, 0.2) is 18.2 Å². The highest BCUT2D eigenvalue weighted by molar-refractivity contribution is 7.90. The summed E-state index contributed by atoms with van der Waals surface area (Å²) in [6.45, 7) is 0. The van der Waals surface area contributed by atoms with Crippen LogP contribution < -0.4 is 9.44 Å². The van der Waals surface area contributed by atoms with Gasteiger partial charge in [-0.3, -0.25) is 4.72 Å². The second kappa shape index (κ2) is 4.69. The number of nitrogens with one attached hydrogen (secondary N) is 2. The van der Waals surface area contributed by atoms with Crippen molar-refractivity contribution in [2.45, 2.75) is 0 Å². The first-order valence-corrected chi connectivity index (χ1v) is 5.96. The predicted molar refractivity (Wildman–Crippen MR) is 60.0 cm³/mol. The van der Waals surface area contributed by atoms with E-state index >= 15 is 0 Å². The summed E-state index contributed by atoms with van der Waals surface area (Å²) in [4.78, 5) is 10.6. The third-order valence-corrected chi connectivity index (χ3v) is 3.07. The number of benzene rings is 1. The molecule has 88 valence electrons. The fraction of sp³-hybridized carbons (Fsp3) is 0.125. The zero-order valence-electron chi connectivity index (χ0n) is 8.19. The van der Waals surface area contributed by atoms with Gasteiger partial charge in [0.15, 0.2) is 0 Å². The van der Waals surface area contributed by atoms with E-state index in [1.807, 2.05) is 4.72 Å². The Kier molecular flexibility index (Phi) is 3.74. The summed E-state index contributed by atoms with van der Waals surface area (Å²) in [6, 6.07) is 3.69. The van der Waals surface area contributed by atoms with E-state index in [-0.39, 0.29) is 16.3 Å². The minimum atomic E-state index is -3.66. The van der Waals surface area contributed by atoms with Crippen molar-refractivity contribution in [2.24, 2.45) is 0 Å². The Morgan fingerprint density at radius 2 is 2.06 bits per heavy atom. The zero-order chi connectivity index (χ0) is 12.3. The first kappa shape index (κ1) is 12.8. The number of anilines is 1. The van der Waals surface area contributed by atoms with Crippen molar-refractivity contribution in [1.82, 2.24) is 4.72 Å². The number of carbonyl (C=O) groups is 1. The van der Waals surface area contributed by atoms with Gasteiger partial charge in [0.1, 0.15) is 0 Å². The van der Waals surface area contributed by atoms with E-state index in [1.165, 1.54) is 19.2 Å². The summed E-state index contributed by atoms with van der Waals surface area (Å²) >= 11 is 5.72. The average molecular weight is 265 g/mol. The van der Waals surface area contributed by atoms with Crippen molar-refractivity contribution in [1.29, 1.82) is 0 Å². The van der Waals surface area contributed by atoms with Gasteiger partial charge in [0.05, 0.1) is 16.3 Å². The second-order valence-corrected chi connectivity index (χ2v) is 4.84. The third-order valence-electron chi connectivity index (χ3n) is 1.73. The van der Waals surface area contributed by atoms with Crippen LogP contribution in [0.3, 0.4) is 0 Å². The molecule has 8 heteroatoms. The van der Waals surface area contributed by atoms with Crippen LogP contribution >= 0.6 is 11.6 Å². The third kappa shape index (κ3) is 3.09. The molecule has 0 bridgehead atoms. The standard InChI is InChI=1S/C8H9ClN2O4S/c1-10-16(14,15)11-7-3-2-5(8(12)13)4-6(7)9/h2-4,10-11H,1H3,(H,12,13). The summed E-state index contributed by atoms with van der Waals surface area (Å²) in [5, 5.41) is 8.68. The summed E-state index contributed by atoms with van der Waals surface area (Å²) in [7, 11) is -2.42. The van der Waals surface area contributed by atoms with Crippen molar-refractivity contribution in [3.63, 3.8) is 0 Å². The van der Waals surface area contributed by atoms with Gasteiger partial charge >= 0.3 is 5.97 Å². The Morgan fingerprint density at radius 1 is 1.44 bits per heavy atom. The number of hydrogen-bond donors (Lipinski definition) is 3. The van der Waals surface area contributed by atoms with E-state index in [9.17, 15) is 13.2 Å². The predicted octanol–water partition coefficient (Wildman–Crippen LogP) is 0.914. The van der Waals surface area contributed by atoms with Crippen molar-refractivity contribution < 1.29 is 18.3 Å². The largest absolute Gasteiger partial charge is 0.478 e. The van der Waals surface area contributed by atoms with E-state index in [2.05, 4.69) is 4.72 Å². The van der Waals surface area contributed by atoms with E-state index in [4.69, 9.17) is 16.7 Å². The molecule has 0 unspecified atom stereocenters. The summed E-state index contributed by atoms with van der Waals surface area (Å²) in [5.74, 6) is -1.13. The van der Waals surface area contributed by atoms with Crippen LogP contribution in [0.25, 0.3) is 0 Å². The van der Waals surface area contributed by atoms with Gasteiger partial charge in [-0.15, -0.1) is 0 Å². The highest BCUT2D eigenvalue weighted by Gasteiger charge is 2.11. The van der Waals surface area contributed by atoms with Crippen LogP contribution in [-0.2, 0) is 10.2 Å². The van der Waals surface area contributed by atoms with Gasteiger partial charge in [-0.2, -0.15) is 8.42 Å². The lowest BCUT2D eigenvalue weighted by Crippen LogP contribution is -2.26. The van der Waals surface area contributed by atoms with Crippen LogP contribution in [0.4, 0.5) is 5.69 Å². The molecule has 6 nitrogen and oxygen atoms in total. The molecular weight excluding hydrogens is 256 g/mol. The first-order chi connectivity index (χ1) is 7.35. The number of halogens is 1. The molecule has 1 aromatic carbocycles. The smallest absolute Gasteiger partial charge is 0.335 e. The van der Waals surface area contributed by atoms with Crippen LogP contribution in [0, 0.1) is 0 Å². The average Bonchev–Trinajstić information content (AvgIpc) is 2.20. The number of carboxylic acid groups (broad SMARTS) is 1.